The largest absolute Gasteiger partial charge is 0.351 e. The lowest BCUT2D eigenvalue weighted by atomic mass is 9.93. The highest BCUT2D eigenvalue weighted by Crippen LogP contribution is 2.11. The maximum Gasteiger partial charge on any atom is 0.351 e. The van der Waals surface area contributed by atoms with Crippen molar-refractivity contribution in [3.63, 3.8) is 0 Å². The molecule has 0 atom stereocenters. The molecule has 0 amide bonds. The van der Waals surface area contributed by atoms with Gasteiger partial charge >= 0.3 is 5.54 Å². The summed E-state index contributed by atoms with van der Waals surface area (Å²) in [7, 11) is 0. The molecule has 0 saturated heterocycles. The summed E-state index contributed by atoms with van der Waals surface area (Å²) in [6, 6.07) is 0. The van der Waals surface area contributed by atoms with E-state index < -0.39 is 0 Å². The summed E-state index contributed by atoms with van der Waals surface area (Å²) in [5, 5.41) is 0. The zero-order chi connectivity index (χ0) is 6.57. The highest BCUT2D eigenvalue weighted by Gasteiger charge is 2.05. The van der Waals surface area contributed by atoms with Gasteiger partial charge in [0.2, 0.25) is 0 Å². The average molecular weight is 153 g/mol. The van der Waals surface area contributed by atoms with E-state index >= 15 is 0 Å². The molecule has 0 bridgehead atoms. The van der Waals surface area contributed by atoms with Crippen LogP contribution in [0.3, 0.4) is 0 Å². The lowest BCUT2D eigenvalue weighted by Gasteiger charge is -2.00. The molecule has 0 rings (SSSR count). The molecule has 0 nitrogen and oxygen atoms in total. The quantitative estimate of drug-likeness (QED) is 0.546. The molecule has 0 aromatic rings. The van der Waals surface area contributed by atoms with Crippen LogP contribution in [0.15, 0.2) is 0 Å². The van der Waals surface area contributed by atoms with Gasteiger partial charge in [0.25, 0.3) is 0 Å². The third-order valence-corrected chi connectivity index (χ3v) is 1.40. The van der Waals surface area contributed by atoms with Crippen molar-refractivity contribution in [3.05, 3.63) is 0 Å². The lowest BCUT2D eigenvalue weighted by Crippen LogP contribution is -1.95. The summed E-state index contributed by atoms with van der Waals surface area (Å²) >= 11 is 11.0. The monoisotopic (exact) mass is 152 g/mol. The molecule has 0 aromatic heterocycles. The van der Waals surface area contributed by atoms with Crippen molar-refractivity contribution < 1.29 is 0 Å². The zero-order valence-electron chi connectivity index (χ0n) is 5.32. The van der Waals surface area contributed by atoms with E-state index in [-0.39, 0.29) is 5.54 Å². The molecule has 0 radical (unpaired) electrons. The predicted molar refractivity (Wildman–Crippen MR) is 41.7 cm³/mol. The van der Waals surface area contributed by atoms with Gasteiger partial charge in [-0.15, -0.1) is 0 Å². The first-order valence-electron chi connectivity index (χ1n) is 2.91. The maximum atomic E-state index is 5.49. The van der Waals surface area contributed by atoms with E-state index in [9.17, 15) is 0 Å². The van der Waals surface area contributed by atoms with Crippen LogP contribution < -0.4 is 0 Å². The van der Waals surface area contributed by atoms with E-state index in [0.717, 1.165) is 18.7 Å². The molecular weight excluding hydrogens is 142 g/mol. The van der Waals surface area contributed by atoms with Gasteiger partial charge in [-0.05, 0) is 12.2 Å². The molecule has 0 spiro atoms. The summed E-state index contributed by atoms with van der Waals surface area (Å²) < 4.78 is 0. The van der Waals surface area contributed by atoms with Gasteiger partial charge in [-0.3, -0.25) is 0 Å². The van der Waals surface area contributed by atoms with E-state index in [1.807, 2.05) is 0 Å². The fourth-order valence-electron chi connectivity index (χ4n) is 0.459. The summed E-state index contributed by atoms with van der Waals surface area (Å²) in [5.41, 5.74) is -0.169. The summed E-state index contributed by atoms with van der Waals surface area (Å²) in [6.07, 6.45) is 2.04. The second kappa shape index (κ2) is 4.52. The third-order valence-electron chi connectivity index (χ3n) is 0.962. The molecule has 0 saturated carbocycles. The Morgan fingerprint density at radius 3 is 2.00 bits per heavy atom. The van der Waals surface area contributed by atoms with Crippen molar-refractivity contribution in [1.82, 2.24) is 0 Å². The van der Waals surface area contributed by atoms with Crippen LogP contribution in [0.2, 0.25) is 6.32 Å². The maximum absolute atomic E-state index is 5.49. The molecule has 0 aromatic carbocycles. The highest BCUT2D eigenvalue weighted by molar-refractivity contribution is 7.33. The Morgan fingerprint density at radius 1 is 1.38 bits per heavy atom. The molecule has 0 heterocycles. The van der Waals surface area contributed by atoms with Gasteiger partial charge in [-0.2, -0.15) is 22.9 Å². The van der Waals surface area contributed by atoms with Crippen LogP contribution in [-0.2, 0) is 0 Å². The molecule has 8 heavy (non-hydrogen) atoms. The normalized spacial score (nSPS) is 10.1. The first-order chi connectivity index (χ1) is 3.63. The van der Waals surface area contributed by atoms with Gasteiger partial charge in [0.15, 0.2) is 0 Å². The molecular formula is C5H11BCl2. The van der Waals surface area contributed by atoms with E-state index in [2.05, 4.69) is 13.8 Å². The Morgan fingerprint density at radius 2 is 1.88 bits per heavy atom. The van der Waals surface area contributed by atoms with Crippen molar-refractivity contribution in [2.24, 2.45) is 5.92 Å². The average Bonchev–Trinajstić information content (AvgIpc) is 1.61. The summed E-state index contributed by atoms with van der Waals surface area (Å²) in [5.74, 6) is 0.718. The summed E-state index contributed by atoms with van der Waals surface area (Å²) in [4.78, 5) is 0. The minimum absolute atomic E-state index is 0.169. The van der Waals surface area contributed by atoms with Crippen LogP contribution in [0, 0.1) is 5.92 Å². The fraction of sp³-hybridized carbons (Fsp3) is 1.00. The summed E-state index contributed by atoms with van der Waals surface area (Å²) in [6.45, 7) is 4.33. The first kappa shape index (κ1) is 8.64. The van der Waals surface area contributed by atoms with Crippen LogP contribution in [0.25, 0.3) is 0 Å². The Bertz CT molecular complexity index is 46.4. The van der Waals surface area contributed by atoms with Gasteiger partial charge < -0.3 is 0 Å². The standard InChI is InChI=1S/C5H11BCl2/c1-5(2)3-4-6(7)8/h5H,3-4H2,1-2H3. The van der Waals surface area contributed by atoms with Crippen molar-refractivity contribution in [2.45, 2.75) is 26.6 Å². The lowest BCUT2D eigenvalue weighted by molar-refractivity contribution is 0.624. The van der Waals surface area contributed by atoms with Gasteiger partial charge in [-0.1, -0.05) is 20.3 Å². The Hall–Kier alpha value is 0.645. The van der Waals surface area contributed by atoms with E-state index in [1.165, 1.54) is 0 Å². The van der Waals surface area contributed by atoms with Crippen molar-refractivity contribution in [3.8, 4) is 0 Å². The van der Waals surface area contributed by atoms with E-state index in [1.54, 1.807) is 0 Å². The highest BCUT2D eigenvalue weighted by atomic mass is 35.5. The SMILES string of the molecule is CC(C)CCB(Cl)Cl. The molecule has 0 aliphatic heterocycles. The Kier molecular flexibility index (Phi) is 4.88. The Labute approximate surface area is 61.5 Å². The molecule has 0 unspecified atom stereocenters. The molecule has 0 aliphatic rings. The molecule has 0 aliphatic carbocycles. The van der Waals surface area contributed by atoms with Crippen LogP contribution in [0.5, 0.6) is 0 Å². The topological polar surface area (TPSA) is 0 Å². The molecule has 0 fully saturated rings. The molecule has 3 heteroatoms. The van der Waals surface area contributed by atoms with Gasteiger partial charge in [-0.25, -0.2) is 0 Å². The number of hydrogen-bond donors (Lipinski definition) is 0. The van der Waals surface area contributed by atoms with Crippen molar-refractivity contribution in [2.75, 3.05) is 0 Å². The predicted octanol–water partition coefficient (Wildman–Crippen LogP) is 3.00. The van der Waals surface area contributed by atoms with Crippen LogP contribution in [-0.4, -0.2) is 5.54 Å². The fourth-order valence-corrected chi connectivity index (χ4v) is 0.711. The number of rotatable bonds is 3. The van der Waals surface area contributed by atoms with Gasteiger partial charge in [0.1, 0.15) is 0 Å². The van der Waals surface area contributed by atoms with Crippen LogP contribution in [0.1, 0.15) is 20.3 Å². The molecule has 0 N–H and O–H groups in total. The van der Waals surface area contributed by atoms with Crippen LogP contribution >= 0.6 is 22.9 Å². The minimum Gasteiger partial charge on any atom is -0.172 e. The first-order valence-corrected chi connectivity index (χ1v) is 3.78. The molecule has 48 valence electrons. The van der Waals surface area contributed by atoms with Crippen molar-refractivity contribution in [1.29, 1.82) is 0 Å². The second-order valence-electron chi connectivity index (χ2n) is 2.36. The third kappa shape index (κ3) is 6.64. The Balaban J connectivity index is 2.93. The minimum atomic E-state index is -0.169. The van der Waals surface area contributed by atoms with Gasteiger partial charge in [0, 0.05) is 0 Å². The van der Waals surface area contributed by atoms with E-state index in [0.29, 0.717) is 0 Å². The van der Waals surface area contributed by atoms with E-state index in [4.69, 9.17) is 22.9 Å². The van der Waals surface area contributed by atoms with Crippen molar-refractivity contribution >= 4 is 28.5 Å². The smallest absolute Gasteiger partial charge is 0.172 e. The number of hydrogen-bond acceptors (Lipinski definition) is 0. The van der Waals surface area contributed by atoms with Gasteiger partial charge in [0.05, 0.1) is 0 Å². The van der Waals surface area contributed by atoms with Crippen LogP contribution in [0.4, 0.5) is 0 Å². The number of halogens is 2. The second-order valence-corrected chi connectivity index (χ2v) is 3.64. The zero-order valence-corrected chi connectivity index (χ0v) is 6.84.